The van der Waals surface area contributed by atoms with Gasteiger partial charge in [-0.05, 0) is 53.5 Å². The highest BCUT2D eigenvalue weighted by Gasteiger charge is 2.08. The fourth-order valence-corrected chi connectivity index (χ4v) is 2.00. The normalized spacial score (nSPS) is 12.0. The van der Waals surface area contributed by atoms with E-state index in [4.69, 9.17) is 0 Å². The van der Waals surface area contributed by atoms with Crippen molar-refractivity contribution in [3.05, 3.63) is 0 Å². The Balaban J connectivity index is 3.36. The predicted molar refractivity (Wildman–Crippen MR) is 73.0 cm³/mol. The van der Waals surface area contributed by atoms with Crippen LogP contribution in [0.1, 0.15) is 33.1 Å². The third-order valence-corrected chi connectivity index (χ3v) is 3.17. The molecule has 0 bridgehead atoms. The van der Waals surface area contributed by atoms with Crippen molar-refractivity contribution in [3.63, 3.8) is 0 Å². The second-order valence-electron chi connectivity index (χ2n) is 4.86. The summed E-state index contributed by atoms with van der Waals surface area (Å²) in [5.41, 5.74) is 0. The summed E-state index contributed by atoms with van der Waals surface area (Å²) in [6.07, 6.45) is 3.75. The molecule has 0 aromatic rings. The Morgan fingerprint density at radius 3 is 2.06 bits per heavy atom. The van der Waals surface area contributed by atoms with Crippen molar-refractivity contribution in [1.82, 2.24) is 15.1 Å². The van der Waals surface area contributed by atoms with E-state index >= 15 is 0 Å². The summed E-state index contributed by atoms with van der Waals surface area (Å²) >= 11 is 0. The van der Waals surface area contributed by atoms with Gasteiger partial charge in [0.15, 0.2) is 0 Å². The molecule has 0 aliphatic heterocycles. The van der Waals surface area contributed by atoms with Gasteiger partial charge in [0.25, 0.3) is 0 Å². The second kappa shape index (κ2) is 10.1. The van der Waals surface area contributed by atoms with Crippen LogP contribution in [0.25, 0.3) is 0 Å². The van der Waals surface area contributed by atoms with E-state index in [-0.39, 0.29) is 0 Å². The van der Waals surface area contributed by atoms with Gasteiger partial charge in [0, 0.05) is 19.1 Å². The molecule has 3 nitrogen and oxygen atoms in total. The van der Waals surface area contributed by atoms with Gasteiger partial charge in [0.05, 0.1) is 0 Å². The lowest BCUT2D eigenvalue weighted by molar-refractivity contribution is 0.229. The molecule has 0 aromatic heterocycles. The van der Waals surface area contributed by atoms with E-state index < -0.39 is 0 Å². The predicted octanol–water partition coefficient (Wildman–Crippen LogP) is 1.65. The van der Waals surface area contributed by atoms with Crippen molar-refractivity contribution in [2.24, 2.45) is 0 Å². The summed E-state index contributed by atoms with van der Waals surface area (Å²) in [6.45, 7) is 9.13. The molecule has 0 rings (SSSR count). The van der Waals surface area contributed by atoms with Crippen LogP contribution in [0, 0.1) is 0 Å². The maximum absolute atomic E-state index is 3.51. The summed E-state index contributed by atoms with van der Waals surface area (Å²) in [5, 5.41) is 3.51. The molecule has 0 spiro atoms. The molecular formula is C13H31N3. The molecular weight excluding hydrogens is 198 g/mol. The molecule has 0 amide bonds. The molecule has 1 N–H and O–H groups in total. The molecule has 0 aliphatic rings. The molecule has 0 aromatic carbocycles. The van der Waals surface area contributed by atoms with Gasteiger partial charge in [-0.25, -0.2) is 0 Å². The van der Waals surface area contributed by atoms with E-state index in [1.807, 2.05) is 0 Å². The van der Waals surface area contributed by atoms with Gasteiger partial charge < -0.3 is 15.1 Å². The largest absolute Gasteiger partial charge is 0.315 e. The van der Waals surface area contributed by atoms with Crippen molar-refractivity contribution in [3.8, 4) is 0 Å². The van der Waals surface area contributed by atoms with Crippen LogP contribution in [-0.2, 0) is 0 Å². The number of nitrogens with zero attached hydrogens (tertiary/aromatic N) is 2. The average Bonchev–Trinajstić information content (AvgIpc) is 2.24. The first-order valence-electron chi connectivity index (χ1n) is 6.67. The fourth-order valence-electron chi connectivity index (χ4n) is 2.00. The summed E-state index contributed by atoms with van der Waals surface area (Å²) in [6, 6.07) is 0.753. The topological polar surface area (TPSA) is 18.5 Å². The SMILES string of the molecule is CCC(CC)N(C)CCNCCCN(C)C. The molecule has 0 saturated carbocycles. The van der Waals surface area contributed by atoms with Crippen LogP contribution in [0.5, 0.6) is 0 Å². The maximum atomic E-state index is 3.51. The fraction of sp³-hybridized carbons (Fsp3) is 1.00. The average molecular weight is 229 g/mol. The van der Waals surface area contributed by atoms with Crippen LogP contribution in [-0.4, -0.2) is 63.2 Å². The second-order valence-corrected chi connectivity index (χ2v) is 4.86. The number of hydrogen-bond donors (Lipinski definition) is 1. The zero-order valence-corrected chi connectivity index (χ0v) is 11.9. The standard InChI is InChI=1S/C13H31N3/c1-6-13(7-2)16(5)12-10-14-9-8-11-15(3)4/h13-14H,6-12H2,1-5H3. The van der Waals surface area contributed by atoms with Crippen LogP contribution in [0.15, 0.2) is 0 Å². The Kier molecular flexibility index (Phi) is 9.99. The third kappa shape index (κ3) is 8.08. The smallest absolute Gasteiger partial charge is 0.0107 e. The molecule has 0 saturated heterocycles. The first-order valence-corrected chi connectivity index (χ1v) is 6.67. The van der Waals surface area contributed by atoms with E-state index in [0.29, 0.717) is 0 Å². The summed E-state index contributed by atoms with van der Waals surface area (Å²) in [5.74, 6) is 0. The quantitative estimate of drug-likeness (QED) is 0.575. The molecule has 0 heterocycles. The Morgan fingerprint density at radius 2 is 1.56 bits per heavy atom. The van der Waals surface area contributed by atoms with Gasteiger partial charge in [-0.1, -0.05) is 13.8 Å². The number of likely N-dealkylation sites (N-methyl/N-ethyl adjacent to an activating group) is 1. The molecule has 0 aliphatic carbocycles. The highest BCUT2D eigenvalue weighted by Crippen LogP contribution is 2.04. The molecule has 0 unspecified atom stereocenters. The highest BCUT2D eigenvalue weighted by atomic mass is 15.1. The Morgan fingerprint density at radius 1 is 0.938 bits per heavy atom. The number of rotatable bonds is 10. The summed E-state index contributed by atoms with van der Waals surface area (Å²) < 4.78 is 0. The van der Waals surface area contributed by atoms with Gasteiger partial charge in [-0.15, -0.1) is 0 Å². The van der Waals surface area contributed by atoms with Crippen LogP contribution in [0.4, 0.5) is 0 Å². The lowest BCUT2D eigenvalue weighted by Gasteiger charge is -2.26. The first-order chi connectivity index (χ1) is 7.61. The van der Waals surface area contributed by atoms with E-state index in [0.717, 1.165) is 25.7 Å². The minimum Gasteiger partial charge on any atom is -0.315 e. The lowest BCUT2D eigenvalue weighted by atomic mass is 10.1. The monoisotopic (exact) mass is 229 g/mol. The molecule has 0 fully saturated rings. The van der Waals surface area contributed by atoms with E-state index in [1.54, 1.807) is 0 Å². The molecule has 0 atom stereocenters. The van der Waals surface area contributed by atoms with Crippen LogP contribution < -0.4 is 5.32 Å². The number of nitrogens with one attached hydrogen (secondary N) is 1. The first kappa shape index (κ1) is 15.9. The number of hydrogen-bond acceptors (Lipinski definition) is 3. The van der Waals surface area contributed by atoms with E-state index in [9.17, 15) is 0 Å². The zero-order chi connectivity index (χ0) is 12.4. The minimum absolute atomic E-state index is 0.753. The summed E-state index contributed by atoms with van der Waals surface area (Å²) in [7, 11) is 6.49. The maximum Gasteiger partial charge on any atom is 0.0107 e. The van der Waals surface area contributed by atoms with E-state index in [1.165, 1.54) is 25.8 Å². The highest BCUT2D eigenvalue weighted by molar-refractivity contribution is 4.66. The Labute approximate surface area is 102 Å². The zero-order valence-electron chi connectivity index (χ0n) is 11.9. The van der Waals surface area contributed by atoms with Gasteiger partial charge >= 0.3 is 0 Å². The lowest BCUT2D eigenvalue weighted by Crippen LogP contribution is -2.36. The van der Waals surface area contributed by atoms with Crippen molar-refractivity contribution >= 4 is 0 Å². The molecule has 16 heavy (non-hydrogen) atoms. The van der Waals surface area contributed by atoms with Crippen molar-refractivity contribution < 1.29 is 0 Å². The molecule has 0 radical (unpaired) electrons. The van der Waals surface area contributed by atoms with Crippen LogP contribution in [0.2, 0.25) is 0 Å². The Hall–Kier alpha value is -0.120. The van der Waals surface area contributed by atoms with Crippen molar-refractivity contribution in [1.29, 1.82) is 0 Å². The minimum atomic E-state index is 0.753. The summed E-state index contributed by atoms with van der Waals surface area (Å²) in [4.78, 5) is 4.71. The van der Waals surface area contributed by atoms with Crippen molar-refractivity contribution in [2.75, 3.05) is 47.3 Å². The van der Waals surface area contributed by atoms with Crippen LogP contribution in [0.3, 0.4) is 0 Å². The van der Waals surface area contributed by atoms with Gasteiger partial charge in [0.1, 0.15) is 0 Å². The van der Waals surface area contributed by atoms with Crippen LogP contribution >= 0.6 is 0 Å². The van der Waals surface area contributed by atoms with Crippen molar-refractivity contribution in [2.45, 2.75) is 39.2 Å². The Bertz CT molecular complexity index is 144. The van der Waals surface area contributed by atoms with Gasteiger partial charge in [-0.2, -0.15) is 0 Å². The molecule has 98 valence electrons. The third-order valence-electron chi connectivity index (χ3n) is 3.17. The van der Waals surface area contributed by atoms with Gasteiger partial charge in [-0.3, -0.25) is 0 Å². The van der Waals surface area contributed by atoms with Gasteiger partial charge in [0.2, 0.25) is 0 Å². The van der Waals surface area contributed by atoms with E-state index in [2.05, 4.69) is 50.1 Å². The molecule has 3 heteroatoms.